The molecular weight excluding hydrogens is 745 g/mol. The van der Waals surface area contributed by atoms with Gasteiger partial charge in [-0.2, -0.15) is 0 Å². The number of carbonyl (C=O) groups excluding carboxylic acids is 3. The zero-order valence-electron chi connectivity index (χ0n) is 40.5. The summed E-state index contributed by atoms with van der Waals surface area (Å²) in [6, 6.07) is 0. The summed E-state index contributed by atoms with van der Waals surface area (Å²) in [6.45, 7) is 6.63. The van der Waals surface area contributed by atoms with Gasteiger partial charge in [0.25, 0.3) is 0 Å². The minimum Gasteiger partial charge on any atom is -0.462 e. The molecule has 60 heavy (non-hydrogen) atoms. The molecule has 0 aromatic carbocycles. The highest BCUT2D eigenvalue weighted by molar-refractivity contribution is 5.71. The molecular formula is C54H102O6. The Morgan fingerprint density at radius 1 is 0.317 bits per heavy atom. The van der Waals surface area contributed by atoms with Crippen molar-refractivity contribution in [3.8, 4) is 0 Å². The smallest absolute Gasteiger partial charge is 0.306 e. The van der Waals surface area contributed by atoms with Crippen LogP contribution in [0.3, 0.4) is 0 Å². The predicted octanol–water partition coefficient (Wildman–Crippen LogP) is 17.4. The predicted molar refractivity (Wildman–Crippen MR) is 256 cm³/mol. The number of allylic oxidation sites excluding steroid dienone is 2. The molecule has 0 N–H and O–H groups in total. The van der Waals surface area contributed by atoms with Crippen molar-refractivity contribution in [2.24, 2.45) is 0 Å². The number of unbranched alkanes of at least 4 members (excludes halogenated alkanes) is 36. The molecule has 1 unspecified atom stereocenters. The molecule has 0 aliphatic heterocycles. The van der Waals surface area contributed by atoms with Gasteiger partial charge in [-0.15, -0.1) is 0 Å². The largest absolute Gasteiger partial charge is 0.462 e. The molecule has 0 saturated heterocycles. The van der Waals surface area contributed by atoms with E-state index in [1.54, 1.807) is 0 Å². The minimum atomic E-state index is -0.762. The Hall–Kier alpha value is -1.85. The van der Waals surface area contributed by atoms with Gasteiger partial charge in [-0.1, -0.05) is 245 Å². The fourth-order valence-corrected chi connectivity index (χ4v) is 7.97. The van der Waals surface area contributed by atoms with E-state index in [-0.39, 0.29) is 31.1 Å². The molecule has 6 heteroatoms. The van der Waals surface area contributed by atoms with E-state index >= 15 is 0 Å². The summed E-state index contributed by atoms with van der Waals surface area (Å²) in [4.78, 5) is 37.8. The van der Waals surface area contributed by atoms with Crippen LogP contribution >= 0.6 is 0 Å². The van der Waals surface area contributed by atoms with Crippen LogP contribution in [0.4, 0.5) is 0 Å². The first kappa shape index (κ1) is 58.1. The van der Waals surface area contributed by atoms with Crippen LogP contribution in [0.1, 0.15) is 297 Å². The number of hydrogen-bond acceptors (Lipinski definition) is 6. The van der Waals surface area contributed by atoms with Gasteiger partial charge in [0.1, 0.15) is 13.2 Å². The van der Waals surface area contributed by atoms with E-state index in [4.69, 9.17) is 14.2 Å². The molecule has 0 rings (SSSR count). The van der Waals surface area contributed by atoms with Crippen LogP contribution in [0.5, 0.6) is 0 Å². The van der Waals surface area contributed by atoms with Crippen LogP contribution in [0.15, 0.2) is 12.2 Å². The quantitative estimate of drug-likeness (QED) is 0.0263. The lowest BCUT2D eigenvalue weighted by Gasteiger charge is -2.18. The molecule has 0 fully saturated rings. The van der Waals surface area contributed by atoms with Crippen molar-refractivity contribution in [1.82, 2.24) is 0 Å². The van der Waals surface area contributed by atoms with Crippen LogP contribution in [0.2, 0.25) is 0 Å². The minimum absolute atomic E-state index is 0.0663. The van der Waals surface area contributed by atoms with Crippen molar-refractivity contribution >= 4 is 17.9 Å². The second-order valence-corrected chi connectivity index (χ2v) is 18.2. The highest BCUT2D eigenvalue weighted by Crippen LogP contribution is 2.16. The van der Waals surface area contributed by atoms with E-state index in [1.165, 1.54) is 199 Å². The molecule has 0 aliphatic rings. The summed E-state index contributed by atoms with van der Waals surface area (Å²) in [5.74, 6) is -0.858. The molecule has 0 aliphatic carbocycles. The Kier molecular flexibility index (Phi) is 48.3. The third kappa shape index (κ3) is 47.2. The second-order valence-electron chi connectivity index (χ2n) is 18.2. The number of hydrogen-bond donors (Lipinski definition) is 0. The van der Waals surface area contributed by atoms with Gasteiger partial charge in [0, 0.05) is 19.3 Å². The fourth-order valence-electron chi connectivity index (χ4n) is 7.97. The zero-order chi connectivity index (χ0) is 43.7. The Bertz CT molecular complexity index is 931. The lowest BCUT2D eigenvalue weighted by Crippen LogP contribution is -2.30. The molecule has 1 atom stereocenters. The summed E-state index contributed by atoms with van der Waals surface area (Å²) in [7, 11) is 0. The van der Waals surface area contributed by atoms with Gasteiger partial charge >= 0.3 is 17.9 Å². The van der Waals surface area contributed by atoms with Crippen molar-refractivity contribution in [3.05, 3.63) is 12.2 Å². The molecule has 0 aromatic rings. The van der Waals surface area contributed by atoms with Gasteiger partial charge in [-0.3, -0.25) is 14.4 Å². The highest BCUT2D eigenvalue weighted by Gasteiger charge is 2.19. The van der Waals surface area contributed by atoms with Crippen LogP contribution in [0, 0.1) is 0 Å². The summed E-state index contributed by atoms with van der Waals surface area (Å²) in [6.07, 6.45) is 55.0. The first-order valence-electron chi connectivity index (χ1n) is 26.7. The molecule has 6 nitrogen and oxygen atoms in total. The maximum Gasteiger partial charge on any atom is 0.306 e. The summed E-state index contributed by atoms with van der Waals surface area (Å²) in [5, 5.41) is 0. The monoisotopic (exact) mass is 847 g/mol. The summed E-state index contributed by atoms with van der Waals surface area (Å²) < 4.78 is 16.7. The van der Waals surface area contributed by atoms with E-state index in [0.717, 1.165) is 57.8 Å². The van der Waals surface area contributed by atoms with Crippen molar-refractivity contribution in [2.75, 3.05) is 13.2 Å². The van der Waals surface area contributed by atoms with Crippen molar-refractivity contribution < 1.29 is 28.6 Å². The normalized spacial score (nSPS) is 12.0. The Labute approximate surface area is 373 Å². The Morgan fingerprint density at radius 3 is 0.833 bits per heavy atom. The molecule has 0 amide bonds. The maximum absolute atomic E-state index is 12.7. The molecule has 0 aromatic heterocycles. The van der Waals surface area contributed by atoms with Crippen LogP contribution in [-0.4, -0.2) is 37.2 Å². The first-order valence-corrected chi connectivity index (χ1v) is 26.7. The fraction of sp³-hybridized carbons (Fsp3) is 0.907. The molecule has 0 spiro atoms. The van der Waals surface area contributed by atoms with E-state index in [9.17, 15) is 14.4 Å². The lowest BCUT2D eigenvalue weighted by atomic mass is 10.0. The third-order valence-electron chi connectivity index (χ3n) is 12.0. The number of ether oxygens (including phenoxy) is 3. The average molecular weight is 847 g/mol. The molecule has 354 valence electrons. The third-order valence-corrected chi connectivity index (χ3v) is 12.0. The molecule has 0 saturated carbocycles. The van der Waals surface area contributed by atoms with E-state index in [0.29, 0.717) is 19.3 Å². The van der Waals surface area contributed by atoms with Crippen LogP contribution in [0.25, 0.3) is 0 Å². The molecule has 0 bridgehead atoms. The van der Waals surface area contributed by atoms with Crippen LogP contribution in [-0.2, 0) is 28.6 Å². The Morgan fingerprint density at radius 2 is 0.550 bits per heavy atom. The van der Waals surface area contributed by atoms with Crippen molar-refractivity contribution in [3.63, 3.8) is 0 Å². The second kappa shape index (κ2) is 49.8. The number of carbonyl (C=O) groups is 3. The summed E-state index contributed by atoms with van der Waals surface area (Å²) >= 11 is 0. The van der Waals surface area contributed by atoms with Gasteiger partial charge in [0.05, 0.1) is 0 Å². The SMILES string of the molecule is CCCCCCCCCC/C=C\CCCCCCCCCCCC(=O)OCC(COC(=O)CCCCCCCCC)OC(=O)CCCCCCCCCCCCCCCC. The zero-order valence-corrected chi connectivity index (χ0v) is 40.5. The van der Waals surface area contributed by atoms with E-state index in [1.807, 2.05) is 0 Å². The topological polar surface area (TPSA) is 78.9 Å². The maximum atomic E-state index is 12.7. The standard InChI is InChI=1S/C54H102O6/c1-4-7-10-13-16-18-20-22-24-25-26-27-28-29-30-32-33-35-38-41-44-47-53(56)59-50-51(49-58-52(55)46-43-40-37-15-12-9-6-3)60-54(57)48-45-42-39-36-34-31-23-21-19-17-14-11-8-5-2/h25-26,51H,4-24,27-50H2,1-3H3/b26-25-. The van der Waals surface area contributed by atoms with E-state index < -0.39 is 6.10 Å². The van der Waals surface area contributed by atoms with Gasteiger partial charge in [-0.05, 0) is 44.9 Å². The molecule has 0 heterocycles. The van der Waals surface area contributed by atoms with Gasteiger partial charge in [-0.25, -0.2) is 0 Å². The molecule has 0 radical (unpaired) electrons. The number of esters is 3. The average Bonchev–Trinajstić information content (AvgIpc) is 3.24. The Balaban J connectivity index is 4.16. The van der Waals surface area contributed by atoms with Crippen LogP contribution < -0.4 is 0 Å². The van der Waals surface area contributed by atoms with Gasteiger partial charge in [0.2, 0.25) is 0 Å². The van der Waals surface area contributed by atoms with Gasteiger partial charge in [0.15, 0.2) is 6.10 Å². The summed E-state index contributed by atoms with van der Waals surface area (Å²) in [5.41, 5.74) is 0. The van der Waals surface area contributed by atoms with E-state index in [2.05, 4.69) is 32.9 Å². The first-order chi connectivity index (χ1) is 29.5. The highest BCUT2D eigenvalue weighted by atomic mass is 16.6. The number of rotatable bonds is 49. The lowest BCUT2D eigenvalue weighted by molar-refractivity contribution is -0.167. The van der Waals surface area contributed by atoms with Crippen molar-refractivity contribution in [1.29, 1.82) is 0 Å². The van der Waals surface area contributed by atoms with Crippen molar-refractivity contribution in [2.45, 2.75) is 303 Å². The van der Waals surface area contributed by atoms with Gasteiger partial charge < -0.3 is 14.2 Å².